The third-order valence-corrected chi connectivity index (χ3v) is 2.49. The molecule has 1 amide bonds. The number of fused-ring (bicyclic) bond motifs is 1. The number of para-hydroxylation sites is 2. The van der Waals surface area contributed by atoms with Gasteiger partial charge in [-0.1, -0.05) is 12.1 Å². The summed E-state index contributed by atoms with van der Waals surface area (Å²) in [6, 6.07) is 7.17. The van der Waals surface area contributed by atoms with Gasteiger partial charge < -0.3 is 14.8 Å². The van der Waals surface area contributed by atoms with E-state index in [0.717, 1.165) is 6.08 Å². The van der Waals surface area contributed by atoms with Gasteiger partial charge in [0.05, 0.1) is 6.08 Å². The summed E-state index contributed by atoms with van der Waals surface area (Å²) in [6.07, 6.45) is 0.754. The van der Waals surface area contributed by atoms with Gasteiger partial charge in [-0.15, -0.1) is 0 Å². The average Bonchev–Trinajstić information content (AvgIpc) is 2.92. The number of rotatable bonds is 2. The Hall–Kier alpha value is -3.16. The minimum Gasteiger partial charge on any atom is -0.478 e. The van der Waals surface area contributed by atoms with Gasteiger partial charge in [0.1, 0.15) is 11.2 Å². The molecule has 1 saturated heterocycles. The molecule has 20 heavy (non-hydrogen) atoms. The van der Waals surface area contributed by atoms with Crippen LogP contribution in [-0.4, -0.2) is 27.9 Å². The normalized spacial score (nSPS) is 18.5. The summed E-state index contributed by atoms with van der Waals surface area (Å²) in [4.78, 5) is 30.0. The van der Waals surface area contributed by atoms with E-state index in [4.69, 9.17) is 9.52 Å². The number of hydrogen-bond acceptors (Lipinski definition) is 5. The SMILES string of the molecule is O=C(O)/C=C1/N/C(=N/c2nc3ccccc3o2)NC1=O. The van der Waals surface area contributed by atoms with Gasteiger partial charge in [0.2, 0.25) is 5.96 Å². The van der Waals surface area contributed by atoms with E-state index in [2.05, 4.69) is 20.6 Å². The van der Waals surface area contributed by atoms with E-state index in [1.807, 2.05) is 6.07 Å². The lowest BCUT2D eigenvalue weighted by Gasteiger charge is -1.93. The van der Waals surface area contributed by atoms with Crippen LogP contribution < -0.4 is 10.6 Å². The molecule has 0 unspecified atom stereocenters. The lowest BCUT2D eigenvalue weighted by Crippen LogP contribution is -2.24. The Kier molecular flexibility index (Phi) is 2.68. The summed E-state index contributed by atoms with van der Waals surface area (Å²) in [7, 11) is 0. The molecule has 2 heterocycles. The summed E-state index contributed by atoms with van der Waals surface area (Å²) in [5, 5.41) is 13.5. The lowest BCUT2D eigenvalue weighted by atomic mass is 10.3. The Morgan fingerprint density at radius 1 is 1.35 bits per heavy atom. The van der Waals surface area contributed by atoms with Crippen LogP contribution >= 0.6 is 0 Å². The summed E-state index contributed by atoms with van der Waals surface area (Å²) in [5.74, 6) is -1.75. The molecule has 2 aromatic rings. The highest BCUT2D eigenvalue weighted by Crippen LogP contribution is 2.20. The molecule has 1 aromatic heterocycles. The third-order valence-electron chi connectivity index (χ3n) is 2.49. The maximum Gasteiger partial charge on any atom is 0.330 e. The molecule has 0 bridgehead atoms. The second kappa shape index (κ2) is 4.50. The number of carbonyl (C=O) groups is 2. The van der Waals surface area contributed by atoms with Crippen LogP contribution in [0.3, 0.4) is 0 Å². The zero-order valence-corrected chi connectivity index (χ0v) is 9.95. The van der Waals surface area contributed by atoms with Crippen LogP contribution in [0.5, 0.6) is 0 Å². The predicted molar refractivity (Wildman–Crippen MR) is 68.1 cm³/mol. The van der Waals surface area contributed by atoms with Crippen molar-refractivity contribution >= 4 is 35.0 Å². The fourth-order valence-corrected chi connectivity index (χ4v) is 1.67. The zero-order valence-electron chi connectivity index (χ0n) is 9.95. The first-order valence-electron chi connectivity index (χ1n) is 5.59. The molecular formula is C12H8N4O4. The van der Waals surface area contributed by atoms with Crippen molar-refractivity contribution in [1.29, 1.82) is 0 Å². The van der Waals surface area contributed by atoms with Crippen LogP contribution in [0.1, 0.15) is 0 Å². The van der Waals surface area contributed by atoms with Crippen molar-refractivity contribution in [1.82, 2.24) is 15.6 Å². The largest absolute Gasteiger partial charge is 0.478 e. The maximum atomic E-state index is 11.4. The molecule has 0 aliphatic carbocycles. The first-order valence-corrected chi connectivity index (χ1v) is 5.59. The number of aromatic nitrogens is 1. The van der Waals surface area contributed by atoms with Crippen molar-refractivity contribution in [3.63, 3.8) is 0 Å². The predicted octanol–water partition coefficient (Wildman–Crippen LogP) is 0.503. The van der Waals surface area contributed by atoms with Crippen LogP contribution in [0, 0.1) is 0 Å². The molecule has 3 N–H and O–H groups in total. The molecule has 0 atom stereocenters. The van der Waals surface area contributed by atoms with E-state index in [1.54, 1.807) is 18.2 Å². The van der Waals surface area contributed by atoms with E-state index in [9.17, 15) is 9.59 Å². The summed E-state index contributed by atoms with van der Waals surface area (Å²) < 4.78 is 5.36. The van der Waals surface area contributed by atoms with E-state index in [-0.39, 0.29) is 17.7 Å². The van der Waals surface area contributed by atoms with Crippen molar-refractivity contribution in [2.24, 2.45) is 4.99 Å². The van der Waals surface area contributed by atoms with Crippen molar-refractivity contribution < 1.29 is 19.1 Å². The zero-order chi connectivity index (χ0) is 14.1. The highest BCUT2D eigenvalue weighted by Gasteiger charge is 2.23. The van der Waals surface area contributed by atoms with Crippen LogP contribution in [0.4, 0.5) is 6.01 Å². The molecular weight excluding hydrogens is 264 g/mol. The standard InChI is InChI=1S/C12H8N4O4/c17-9(18)5-7-10(19)15-11(13-7)16-12-14-6-3-1-2-4-8(6)20-12/h1-5H,(H,17,18)(H2,13,14,15,16,19)/b7-5+. The third kappa shape index (κ3) is 2.21. The van der Waals surface area contributed by atoms with Crippen LogP contribution in [-0.2, 0) is 9.59 Å². The molecule has 1 aliphatic rings. The second-order valence-electron chi connectivity index (χ2n) is 3.90. The highest BCUT2D eigenvalue weighted by molar-refractivity contribution is 6.15. The summed E-state index contributed by atoms with van der Waals surface area (Å²) in [5.41, 5.74) is 1.10. The number of carbonyl (C=O) groups excluding carboxylic acids is 1. The number of carboxylic acids is 1. The number of guanidine groups is 1. The number of nitrogens with one attached hydrogen (secondary N) is 2. The van der Waals surface area contributed by atoms with Crippen molar-refractivity contribution in [2.75, 3.05) is 0 Å². The number of amides is 1. The van der Waals surface area contributed by atoms with Crippen LogP contribution in [0.25, 0.3) is 11.1 Å². The minimum atomic E-state index is -1.23. The molecule has 8 heteroatoms. The van der Waals surface area contributed by atoms with Crippen molar-refractivity contribution in [3.05, 3.63) is 36.0 Å². The van der Waals surface area contributed by atoms with E-state index < -0.39 is 11.9 Å². The fraction of sp³-hybridized carbons (Fsp3) is 0. The number of aliphatic imine (C=N–C) groups is 1. The molecule has 1 aliphatic heterocycles. The first kappa shape index (κ1) is 11.9. The van der Waals surface area contributed by atoms with Gasteiger partial charge in [-0.05, 0) is 12.1 Å². The Morgan fingerprint density at radius 3 is 2.90 bits per heavy atom. The van der Waals surface area contributed by atoms with E-state index in [0.29, 0.717) is 11.1 Å². The number of oxazole rings is 1. The lowest BCUT2D eigenvalue weighted by molar-refractivity contribution is -0.131. The van der Waals surface area contributed by atoms with E-state index >= 15 is 0 Å². The van der Waals surface area contributed by atoms with Crippen molar-refractivity contribution in [3.8, 4) is 0 Å². The Bertz CT molecular complexity index is 742. The smallest absolute Gasteiger partial charge is 0.330 e. The second-order valence-corrected chi connectivity index (χ2v) is 3.90. The molecule has 0 spiro atoms. The van der Waals surface area contributed by atoms with Gasteiger partial charge >= 0.3 is 12.0 Å². The molecule has 1 aromatic carbocycles. The molecule has 0 saturated carbocycles. The number of nitrogens with zero attached hydrogens (tertiary/aromatic N) is 2. The maximum absolute atomic E-state index is 11.4. The highest BCUT2D eigenvalue weighted by atomic mass is 16.4. The topological polar surface area (TPSA) is 117 Å². The number of hydrogen-bond donors (Lipinski definition) is 3. The average molecular weight is 272 g/mol. The Labute approximate surface area is 111 Å². The van der Waals surface area contributed by atoms with Gasteiger partial charge in [-0.3, -0.25) is 10.1 Å². The first-order chi connectivity index (χ1) is 9.61. The fourth-order valence-electron chi connectivity index (χ4n) is 1.67. The van der Waals surface area contributed by atoms with Crippen molar-refractivity contribution in [2.45, 2.75) is 0 Å². The summed E-state index contributed by atoms with van der Waals surface area (Å²) >= 11 is 0. The van der Waals surface area contributed by atoms with Crippen LogP contribution in [0.15, 0.2) is 45.4 Å². The number of aliphatic carboxylic acids is 1. The summed E-state index contributed by atoms with van der Waals surface area (Å²) in [6.45, 7) is 0. The Balaban J connectivity index is 1.90. The number of benzene rings is 1. The Morgan fingerprint density at radius 2 is 2.15 bits per heavy atom. The molecule has 0 radical (unpaired) electrons. The molecule has 1 fully saturated rings. The van der Waals surface area contributed by atoms with Gasteiger partial charge in [-0.25, -0.2) is 4.79 Å². The van der Waals surface area contributed by atoms with Gasteiger partial charge in [-0.2, -0.15) is 9.98 Å². The molecule has 3 rings (SSSR count). The van der Waals surface area contributed by atoms with E-state index in [1.165, 1.54) is 0 Å². The number of carboxylic acid groups (broad SMARTS) is 1. The van der Waals surface area contributed by atoms with Gasteiger partial charge in [0.15, 0.2) is 5.58 Å². The minimum absolute atomic E-state index is 0.0607. The molecule has 100 valence electrons. The van der Waals surface area contributed by atoms with Gasteiger partial charge in [0.25, 0.3) is 5.91 Å². The quantitative estimate of drug-likeness (QED) is 0.685. The van der Waals surface area contributed by atoms with Gasteiger partial charge in [0, 0.05) is 0 Å². The van der Waals surface area contributed by atoms with Crippen LogP contribution in [0.2, 0.25) is 0 Å². The molecule has 8 nitrogen and oxygen atoms in total. The monoisotopic (exact) mass is 272 g/mol.